The van der Waals surface area contributed by atoms with E-state index in [0.29, 0.717) is 39.8 Å². The Morgan fingerprint density at radius 3 is 2.63 bits per heavy atom. The van der Waals surface area contributed by atoms with Crippen LogP contribution in [-0.2, 0) is 17.9 Å². The van der Waals surface area contributed by atoms with Crippen LogP contribution < -0.4 is 5.73 Å². The van der Waals surface area contributed by atoms with Crippen LogP contribution >= 0.6 is 0 Å². The van der Waals surface area contributed by atoms with Crippen molar-refractivity contribution >= 4 is 17.1 Å². The maximum atomic E-state index is 12.2. The van der Waals surface area contributed by atoms with Crippen molar-refractivity contribution in [2.45, 2.75) is 26.3 Å². The fourth-order valence-electron chi connectivity index (χ4n) is 2.84. The van der Waals surface area contributed by atoms with Crippen LogP contribution in [0.15, 0.2) is 34.7 Å². The number of nitrogens with two attached hydrogens (primary N) is 1. The van der Waals surface area contributed by atoms with E-state index in [9.17, 15) is 13.2 Å². The van der Waals surface area contributed by atoms with Gasteiger partial charge in [-0.15, -0.1) is 5.10 Å². The summed E-state index contributed by atoms with van der Waals surface area (Å²) in [5.41, 5.74) is 7.96. The van der Waals surface area contributed by atoms with Gasteiger partial charge in [-0.3, -0.25) is 4.98 Å². The van der Waals surface area contributed by atoms with Crippen LogP contribution in [0.25, 0.3) is 22.6 Å². The fourth-order valence-corrected chi connectivity index (χ4v) is 2.84. The summed E-state index contributed by atoms with van der Waals surface area (Å²) >= 11 is 0. The number of nitrogens with zero attached hydrogens (tertiary/aromatic N) is 6. The van der Waals surface area contributed by atoms with Crippen molar-refractivity contribution in [3.05, 3.63) is 47.5 Å². The van der Waals surface area contributed by atoms with Gasteiger partial charge in [0.1, 0.15) is 18.1 Å². The number of anilines is 1. The SMILES string of the molecule is Cc1ccc(-c2nc(N)nc3c2nnn3Cc2cccc(COCC(F)(F)F)n2)o1. The monoisotopic (exact) mass is 419 g/mol. The summed E-state index contributed by atoms with van der Waals surface area (Å²) in [4.78, 5) is 12.7. The van der Waals surface area contributed by atoms with E-state index in [-0.39, 0.29) is 19.1 Å². The lowest BCUT2D eigenvalue weighted by atomic mass is 10.3. The zero-order chi connectivity index (χ0) is 21.3. The lowest BCUT2D eigenvalue weighted by molar-refractivity contribution is -0.176. The second-order valence-corrected chi connectivity index (χ2v) is 6.49. The molecule has 156 valence electrons. The summed E-state index contributed by atoms with van der Waals surface area (Å²) in [6.45, 7) is 0.385. The minimum absolute atomic E-state index is 0.0253. The molecule has 12 heteroatoms. The number of fused-ring (bicyclic) bond motifs is 1. The molecular weight excluding hydrogens is 403 g/mol. The van der Waals surface area contributed by atoms with Crippen LogP contribution in [0.4, 0.5) is 19.1 Å². The molecule has 4 aromatic heterocycles. The van der Waals surface area contributed by atoms with E-state index in [0.717, 1.165) is 0 Å². The quantitative estimate of drug-likeness (QED) is 0.507. The van der Waals surface area contributed by atoms with E-state index in [2.05, 4.69) is 30.0 Å². The van der Waals surface area contributed by atoms with Gasteiger partial charge in [-0.1, -0.05) is 11.3 Å². The standard InChI is InChI=1S/C18H16F3N7O2/c1-10-5-6-13(30-10)14-15-16(25-17(22)24-14)28(27-26-15)7-11-3-2-4-12(23-11)8-29-9-18(19,20)21/h2-6H,7-9H2,1H3,(H2,22,24,25). The molecule has 0 saturated carbocycles. The number of ether oxygens (including phenoxy) is 1. The van der Waals surface area contributed by atoms with Crippen LogP contribution in [0.5, 0.6) is 0 Å². The Morgan fingerprint density at radius 2 is 1.90 bits per heavy atom. The smallest absolute Gasteiger partial charge is 0.411 e. The van der Waals surface area contributed by atoms with Crippen molar-refractivity contribution in [1.29, 1.82) is 0 Å². The van der Waals surface area contributed by atoms with Crippen molar-refractivity contribution in [3.63, 3.8) is 0 Å². The average molecular weight is 419 g/mol. The third-order valence-electron chi connectivity index (χ3n) is 4.05. The van der Waals surface area contributed by atoms with Crippen molar-refractivity contribution in [3.8, 4) is 11.5 Å². The van der Waals surface area contributed by atoms with Gasteiger partial charge in [0.05, 0.1) is 24.5 Å². The van der Waals surface area contributed by atoms with E-state index in [1.165, 1.54) is 4.68 Å². The number of alkyl halides is 3. The summed E-state index contributed by atoms with van der Waals surface area (Å²) in [5, 5.41) is 8.23. The molecule has 0 amide bonds. The van der Waals surface area contributed by atoms with Gasteiger partial charge in [-0.05, 0) is 31.2 Å². The van der Waals surface area contributed by atoms with Crippen LogP contribution in [0, 0.1) is 6.92 Å². The number of furan rings is 1. The molecule has 0 radical (unpaired) electrons. The van der Waals surface area contributed by atoms with Crippen molar-refractivity contribution in [2.75, 3.05) is 12.3 Å². The van der Waals surface area contributed by atoms with Crippen molar-refractivity contribution < 1.29 is 22.3 Å². The minimum atomic E-state index is -4.39. The highest BCUT2D eigenvalue weighted by atomic mass is 19.4. The normalized spacial score (nSPS) is 12.0. The van der Waals surface area contributed by atoms with Crippen LogP contribution in [-0.4, -0.2) is 42.7 Å². The van der Waals surface area contributed by atoms with Gasteiger partial charge in [0.25, 0.3) is 0 Å². The number of hydrogen-bond acceptors (Lipinski definition) is 8. The van der Waals surface area contributed by atoms with E-state index < -0.39 is 12.8 Å². The second kappa shape index (κ2) is 7.71. The van der Waals surface area contributed by atoms with E-state index in [1.807, 2.05) is 0 Å². The molecular formula is C18H16F3N7O2. The summed E-state index contributed by atoms with van der Waals surface area (Å²) in [7, 11) is 0. The molecule has 0 aliphatic carbocycles. The van der Waals surface area contributed by atoms with Crippen LogP contribution in [0.2, 0.25) is 0 Å². The largest absolute Gasteiger partial charge is 0.460 e. The molecule has 4 aromatic rings. The zero-order valence-electron chi connectivity index (χ0n) is 15.7. The summed E-state index contributed by atoms with van der Waals surface area (Å²) < 4.78 is 48.4. The molecule has 2 N–H and O–H groups in total. The Bertz CT molecular complexity index is 1190. The second-order valence-electron chi connectivity index (χ2n) is 6.49. The lowest BCUT2D eigenvalue weighted by Crippen LogP contribution is -2.17. The highest BCUT2D eigenvalue weighted by Crippen LogP contribution is 2.27. The molecule has 0 bridgehead atoms. The summed E-state index contributed by atoms with van der Waals surface area (Å²) in [6.07, 6.45) is -4.39. The number of nitrogen functional groups attached to an aromatic ring is 1. The predicted molar refractivity (Wildman–Crippen MR) is 99.0 cm³/mol. The van der Waals surface area contributed by atoms with Gasteiger partial charge in [0, 0.05) is 0 Å². The van der Waals surface area contributed by atoms with Crippen LogP contribution in [0.3, 0.4) is 0 Å². The van der Waals surface area contributed by atoms with Gasteiger partial charge >= 0.3 is 6.18 Å². The van der Waals surface area contributed by atoms with E-state index >= 15 is 0 Å². The first-order valence-corrected chi connectivity index (χ1v) is 8.81. The maximum absolute atomic E-state index is 12.2. The van der Waals surface area contributed by atoms with Gasteiger partial charge in [-0.2, -0.15) is 18.2 Å². The molecule has 0 aromatic carbocycles. The fraction of sp³-hybridized carbons (Fsp3) is 0.278. The molecule has 0 aliphatic heterocycles. The molecule has 0 spiro atoms. The highest BCUT2D eigenvalue weighted by molar-refractivity contribution is 5.86. The summed E-state index contributed by atoms with van der Waals surface area (Å²) in [6, 6.07) is 8.51. The molecule has 0 unspecified atom stereocenters. The predicted octanol–water partition coefficient (Wildman–Crippen LogP) is 2.89. The van der Waals surface area contributed by atoms with Crippen molar-refractivity contribution in [1.82, 2.24) is 29.9 Å². The van der Waals surface area contributed by atoms with Gasteiger partial charge in [0.2, 0.25) is 5.95 Å². The third-order valence-corrected chi connectivity index (χ3v) is 4.05. The van der Waals surface area contributed by atoms with Crippen molar-refractivity contribution in [2.24, 2.45) is 0 Å². The molecule has 0 saturated heterocycles. The topological polar surface area (TPSA) is 118 Å². The maximum Gasteiger partial charge on any atom is 0.411 e. The summed E-state index contributed by atoms with van der Waals surface area (Å²) in [5.74, 6) is 1.22. The molecule has 0 atom stereocenters. The molecule has 0 aliphatic rings. The molecule has 4 rings (SSSR count). The zero-order valence-corrected chi connectivity index (χ0v) is 15.7. The molecule has 9 nitrogen and oxygen atoms in total. The number of rotatable bonds is 6. The first-order chi connectivity index (χ1) is 14.3. The molecule has 0 fully saturated rings. The van der Waals surface area contributed by atoms with Gasteiger partial charge in [-0.25, -0.2) is 9.67 Å². The number of aryl methyl sites for hydroxylation is 1. The Kier molecular flexibility index (Phi) is 5.08. The lowest BCUT2D eigenvalue weighted by Gasteiger charge is -2.08. The number of aromatic nitrogens is 6. The number of pyridine rings is 1. The Balaban J connectivity index is 1.59. The number of halogens is 3. The first-order valence-electron chi connectivity index (χ1n) is 8.81. The molecule has 4 heterocycles. The first kappa shape index (κ1) is 19.8. The third kappa shape index (κ3) is 4.38. The average Bonchev–Trinajstić information content (AvgIpc) is 3.27. The van der Waals surface area contributed by atoms with Gasteiger partial charge in [0.15, 0.2) is 16.9 Å². The van der Waals surface area contributed by atoms with Crippen LogP contribution in [0.1, 0.15) is 17.1 Å². The Hall–Kier alpha value is -3.54. The Morgan fingerprint density at radius 1 is 1.10 bits per heavy atom. The Labute approximate surface area is 167 Å². The minimum Gasteiger partial charge on any atom is -0.460 e. The highest BCUT2D eigenvalue weighted by Gasteiger charge is 2.27. The van der Waals surface area contributed by atoms with E-state index in [4.69, 9.17) is 10.2 Å². The van der Waals surface area contributed by atoms with Gasteiger partial charge < -0.3 is 14.9 Å². The number of hydrogen-bond donors (Lipinski definition) is 1. The molecule has 30 heavy (non-hydrogen) atoms. The van der Waals surface area contributed by atoms with E-state index in [1.54, 1.807) is 37.3 Å².